The quantitative estimate of drug-likeness (QED) is 0.799. The molecule has 0 saturated heterocycles. The van der Waals surface area contributed by atoms with E-state index in [1.807, 2.05) is 37.3 Å². The second kappa shape index (κ2) is 6.66. The summed E-state index contributed by atoms with van der Waals surface area (Å²) in [5, 5.41) is 3.32. The average molecular weight is 325 g/mol. The molecule has 1 heterocycles. The Bertz CT molecular complexity index is 934. The van der Waals surface area contributed by atoms with Crippen LogP contribution < -0.4 is 10.9 Å². The Labute approximate surface area is 137 Å². The summed E-state index contributed by atoms with van der Waals surface area (Å²) in [6, 6.07) is 14.9. The monoisotopic (exact) mass is 325 g/mol. The number of halogens is 1. The van der Waals surface area contributed by atoms with Gasteiger partial charge in [-0.15, -0.1) is 0 Å². The lowest BCUT2D eigenvalue weighted by Gasteiger charge is -2.12. The Balaban J connectivity index is 1.78. The van der Waals surface area contributed by atoms with Gasteiger partial charge >= 0.3 is 5.63 Å². The molecule has 3 rings (SSSR count). The van der Waals surface area contributed by atoms with Crippen molar-refractivity contribution in [1.29, 1.82) is 0 Å². The van der Waals surface area contributed by atoms with Crippen molar-refractivity contribution >= 4 is 16.7 Å². The zero-order valence-electron chi connectivity index (χ0n) is 13.1. The topological polar surface area (TPSA) is 59.3 Å². The van der Waals surface area contributed by atoms with E-state index in [0.29, 0.717) is 11.9 Å². The molecule has 0 saturated carbocycles. The van der Waals surface area contributed by atoms with Crippen LogP contribution in [-0.4, -0.2) is 12.5 Å². The Kier molecular flexibility index (Phi) is 4.42. The third-order valence-corrected chi connectivity index (χ3v) is 3.88. The smallest absolute Gasteiger partial charge is 0.344 e. The molecule has 24 heavy (non-hydrogen) atoms. The van der Waals surface area contributed by atoms with Crippen LogP contribution in [0, 0.1) is 5.82 Å². The predicted molar refractivity (Wildman–Crippen MR) is 89.6 cm³/mol. The van der Waals surface area contributed by atoms with Crippen molar-refractivity contribution in [2.45, 2.75) is 12.8 Å². The molecule has 0 spiro atoms. The van der Waals surface area contributed by atoms with Crippen LogP contribution in [0.2, 0.25) is 0 Å². The van der Waals surface area contributed by atoms with Gasteiger partial charge < -0.3 is 9.73 Å². The molecular weight excluding hydrogens is 309 g/mol. The highest BCUT2D eigenvalue weighted by molar-refractivity contribution is 5.95. The fraction of sp³-hybridized carbons (Fsp3) is 0.158. The van der Waals surface area contributed by atoms with Crippen LogP contribution in [-0.2, 0) is 0 Å². The van der Waals surface area contributed by atoms with Gasteiger partial charge in [-0.25, -0.2) is 9.18 Å². The highest BCUT2D eigenvalue weighted by Crippen LogP contribution is 2.15. The zero-order chi connectivity index (χ0) is 17.1. The first-order chi connectivity index (χ1) is 11.5. The molecule has 0 aliphatic heterocycles. The third kappa shape index (κ3) is 3.35. The van der Waals surface area contributed by atoms with E-state index in [0.717, 1.165) is 5.56 Å². The summed E-state index contributed by atoms with van der Waals surface area (Å²) in [6.07, 6.45) is 0. The van der Waals surface area contributed by atoms with Crippen LogP contribution >= 0.6 is 0 Å². The molecule has 2 aromatic carbocycles. The van der Waals surface area contributed by atoms with Gasteiger partial charge in [-0.1, -0.05) is 37.3 Å². The number of amides is 1. The van der Waals surface area contributed by atoms with Crippen molar-refractivity contribution in [3.05, 3.63) is 82.2 Å². The maximum absolute atomic E-state index is 13.3. The summed E-state index contributed by atoms with van der Waals surface area (Å²) in [5.74, 6) is -0.990. The SMILES string of the molecule is CC(CNC(=O)c1cc2cc(F)ccc2c(=O)o1)c1ccccc1. The van der Waals surface area contributed by atoms with Crippen molar-refractivity contribution in [2.24, 2.45) is 0 Å². The summed E-state index contributed by atoms with van der Waals surface area (Å²) >= 11 is 0. The van der Waals surface area contributed by atoms with Gasteiger partial charge in [0, 0.05) is 6.54 Å². The van der Waals surface area contributed by atoms with E-state index < -0.39 is 17.3 Å². The number of carbonyl (C=O) groups is 1. The van der Waals surface area contributed by atoms with E-state index in [4.69, 9.17) is 4.42 Å². The van der Waals surface area contributed by atoms with Gasteiger partial charge in [0.15, 0.2) is 5.76 Å². The molecule has 0 bridgehead atoms. The second-order valence-electron chi connectivity index (χ2n) is 5.65. The minimum atomic E-state index is -0.659. The largest absolute Gasteiger partial charge is 0.417 e. The molecule has 4 nitrogen and oxygen atoms in total. The van der Waals surface area contributed by atoms with E-state index in [2.05, 4.69) is 5.32 Å². The number of hydrogen-bond acceptors (Lipinski definition) is 3. The van der Waals surface area contributed by atoms with Gasteiger partial charge in [-0.05, 0) is 41.1 Å². The lowest BCUT2D eigenvalue weighted by molar-refractivity contribution is 0.0920. The minimum absolute atomic E-state index is 0.111. The number of fused-ring (bicyclic) bond motifs is 1. The maximum Gasteiger partial charge on any atom is 0.344 e. The summed E-state index contributed by atoms with van der Waals surface area (Å²) < 4.78 is 18.3. The molecule has 3 aromatic rings. The molecule has 1 aromatic heterocycles. The number of nitrogens with one attached hydrogen (secondary N) is 1. The summed E-state index contributed by atoms with van der Waals surface area (Å²) in [6.45, 7) is 2.38. The normalized spacial score (nSPS) is 12.1. The Morgan fingerprint density at radius 1 is 1.17 bits per heavy atom. The molecule has 1 atom stereocenters. The van der Waals surface area contributed by atoms with Crippen molar-refractivity contribution in [3.8, 4) is 0 Å². The van der Waals surface area contributed by atoms with Crippen LogP contribution in [0.1, 0.15) is 29.0 Å². The second-order valence-corrected chi connectivity index (χ2v) is 5.65. The third-order valence-electron chi connectivity index (χ3n) is 3.88. The number of carbonyl (C=O) groups excluding carboxylic acids is 1. The molecule has 5 heteroatoms. The van der Waals surface area contributed by atoms with Gasteiger partial charge in [0.25, 0.3) is 5.91 Å². The molecule has 0 fully saturated rings. The highest BCUT2D eigenvalue weighted by Gasteiger charge is 2.14. The molecule has 122 valence electrons. The minimum Gasteiger partial charge on any atom is -0.417 e. The van der Waals surface area contributed by atoms with Crippen LogP contribution in [0.4, 0.5) is 4.39 Å². The van der Waals surface area contributed by atoms with Gasteiger partial charge in [0.1, 0.15) is 5.82 Å². The number of benzene rings is 2. The fourth-order valence-corrected chi connectivity index (χ4v) is 2.51. The maximum atomic E-state index is 13.3. The average Bonchev–Trinajstić information content (AvgIpc) is 2.59. The molecule has 1 N–H and O–H groups in total. The van der Waals surface area contributed by atoms with Crippen molar-refractivity contribution < 1.29 is 13.6 Å². The first-order valence-corrected chi connectivity index (χ1v) is 7.61. The summed E-state index contributed by atoms with van der Waals surface area (Å²) in [4.78, 5) is 24.1. The van der Waals surface area contributed by atoms with Crippen LogP contribution in [0.15, 0.2) is 63.8 Å². The highest BCUT2D eigenvalue weighted by atomic mass is 19.1. The van der Waals surface area contributed by atoms with Crippen molar-refractivity contribution in [3.63, 3.8) is 0 Å². The number of rotatable bonds is 4. The van der Waals surface area contributed by atoms with E-state index in [1.165, 1.54) is 24.3 Å². The molecule has 1 unspecified atom stereocenters. The van der Waals surface area contributed by atoms with Gasteiger partial charge in [-0.3, -0.25) is 4.79 Å². The van der Waals surface area contributed by atoms with Gasteiger partial charge in [-0.2, -0.15) is 0 Å². The van der Waals surface area contributed by atoms with Crippen molar-refractivity contribution in [2.75, 3.05) is 6.54 Å². The van der Waals surface area contributed by atoms with E-state index >= 15 is 0 Å². The van der Waals surface area contributed by atoms with Crippen LogP contribution in [0.3, 0.4) is 0 Å². The van der Waals surface area contributed by atoms with Gasteiger partial charge in [0.2, 0.25) is 0 Å². The lowest BCUT2D eigenvalue weighted by Crippen LogP contribution is -2.28. The summed E-state index contributed by atoms with van der Waals surface area (Å²) in [5.41, 5.74) is 0.439. The first-order valence-electron chi connectivity index (χ1n) is 7.61. The molecular formula is C19H16FNO3. The van der Waals surface area contributed by atoms with Crippen LogP contribution in [0.25, 0.3) is 10.8 Å². The molecule has 0 radical (unpaired) electrons. The Morgan fingerprint density at radius 2 is 1.92 bits per heavy atom. The predicted octanol–water partition coefficient (Wildman–Crippen LogP) is 3.47. The van der Waals surface area contributed by atoms with E-state index in [1.54, 1.807) is 0 Å². The van der Waals surface area contributed by atoms with Gasteiger partial charge in [0.05, 0.1) is 5.39 Å². The molecule has 0 aliphatic rings. The van der Waals surface area contributed by atoms with E-state index in [-0.39, 0.29) is 17.1 Å². The standard InChI is InChI=1S/C19H16FNO3/c1-12(13-5-3-2-4-6-13)11-21-18(22)17-10-14-9-15(20)7-8-16(14)19(23)24-17/h2-10,12H,11H2,1H3,(H,21,22). The Hall–Kier alpha value is -2.95. The van der Waals surface area contributed by atoms with Crippen LogP contribution in [0.5, 0.6) is 0 Å². The lowest BCUT2D eigenvalue weighted by atomic mass is 10.0. The zero-order valence-corrected chi connectivity index (χ0v) is 13.1. The first kappa shape index (κ1) is 15.9. The summed E-state index contributed by atoms with van der Waals surface area (Å²) in [7, 11) is 0. The number of hydrogen-bond donors (Lipinski definition) is 1. The Morgan fingerprint density at radius 3 is 2.67 bits per heavy atom. The fourth-order valence-electron chi connectivity index (χ4n) is 2.51. The van der Waals surface area contributed by atoms with Crippen molar-refractivity contribution in [1.82, 2.24) is 5.32 Å². The molecule has 1 amide bonds. The van der Waals surface area contributed by atoms with E-state index in [9.17, 15) is 14.0 Å². The molecule has 0 aliphatic carbocycles.